The van der Waals surface area contributed by atoms with E-state index in [0.717, 1.165) is 22.4 Å². The molecule has 0 saturated heterocycles. The molecule has 0 saturated carbocycles. The Morgan fingerprint density at radius 1 is 0.969 bits per heavy atom. The lowest BCUT2D eigenvalue weighted by Gasteiger charge is -2.18. The number of H-pyrrole nitrogens is 1. The Morgan fingerprint density at radius 3 is 2.31 bits per heavy atom. The van der Waals surface area contributed by atoms with E-state index in [1.807, 2.05) is 54.6 Å². The SMILES string of the molecule is CC(C)(C)c1ccc(-c2n[nH]c(=S)n2N=Cc2ccc(OCc3ccccc3)cc2)cc1. The van der Waals surface area contributed by atoms with Crippen LogP contribution in [0, 0.1) is 4.77 Å². The summed E-state index contributed by atoms with van der Waals surface area (Å²) in [6.07, 6.45) is 1.76. The second kappa shape index (κ2) is 9.32. The number of benzene rings is 3. The summed E-state index contributed by atoms with van der Waals surface area (Å²) < 4.78 is 7.93. The summed E-state index contributed by atoms with van der Waals surface area (Å²) in [6.45, 7) is 7.12. The van der Waals surface area contributed by atoms with Crippen LogP contribution >= 0.6 is 12.2 Å². The van der Waals surface area contributed by atoms with Gasteiger partial charge in [0.2, 0.25) is 4.77 Å². The minimum atomic E-state index is 0.0956. The van der Waals surface area contributed by atoms with E-state index in [1.165, 1.54) is 5.56 Å². The Kier molecular flexibility index (Phi) is 6.32. The normalized spacial score (nSPS) is 11.7. The van der Waals surface area contributed by atoms with Crippen molar-refractivity contribution >= 4 is 18.4 Å². The van der Waals surface area contributed by atoms with Crippen LogP contribution in [0.25, 0.3) is 11.4 Å². The number of ether oxygens (including phenoxy) is 1. The molecule has 0 unspecified atom stereocenters. The molecule has 1 N–H and O–H groups in total. The van der Waals surface area contributed by atoms with Crippen molar-refractivity contribution in [2.24, 2.45) is 5.10 Å². The van der Waals surface area contributed by atoms with Crippen molar-refractivity contribution in [3.8, 4) is 17.1 Å². The monoisotopic (exact) mass is 442 g/mol. The summed E-state index contributed by atoms with van der Waals surface area (Å²) >= 11 is 5.39. The third kappa shape index (κ3) is 5.21. The van der Waals surface area contributed by atoms with Crippen LogP contribution in [0.15, 0.2) is 84.0 Å². The van der Waals surface area contributed by atoms with Gasteiger partial charge < -0.3 is 4.74 Å². The van der Waals surface area contributed by atoms with Crippen LogP contribution in [0.5, 0.6) is 5.75 Å². The van der Waals surface area contributed by atoms with Gasteiger partial charge in [-0.3, -0.25) is 0 Å². The summed E-state index contributed by atoms with van der Waals surface area (Å²) in [5.41, 5.74) is 4.38. The largest absolute Gasteiger partial charge is 0.489 e. The zero-order valence-electron chi connectivity index (χ0n) is 18.4. The topological polar surface area (TPSA) is 55.2 Å². The van der Waals surface area contributed by atoms with Crippen LogP contribution in [-0.2, 0) is 12.0 Å². The maximum absolute atomic E-state index is 5.85. The number of hydrogen-bond acceptors (Lipinski definition) is 4. The molecule has 0 radical (unpaired) electrons. The Bertz CT molecular complexity index is 1250. The molecule has 0 spiro atoms. The number of rotatable bonds is 6. The van der Waals surface area contributed by atoms with Gasteiger partial charge in [0.05, 0.1) is 6.21 Å². The van der Waals surface area contributed by atoms with Gasteiger partial charge >= 0.3 is 0 Å². The number of hydrogen-bond donors (Lipinski definition) is 1. The van der Waals surface area contributed by atoms with Crippen LogP contribution in [0.4, 0.5) is 0 Å². The van der Waals surface area contributed by atoms with Gasteiger partial charge in [0, 0.05) is 5.56 Å². The first kappa shape index (κ1) is 21.7. The lowest BCUT2D eigenvalue weighted by molar-refractivity contribution is 0.306. The van der Waals surface area contributed by atoms with E-state index in [1.54, 1.807) is 10.9 Å². The fraction of sp³-hybridized carbons (Fsp3) is 0.192. The summed E-state index contributed by atoms with van der Waals surface area (Å²) in [5.74, 6) is 1.49. The molecule has 0 aliphatic carbocycles. The first-order valence-corrected chi connectivity index (χ1v) is 10.9. The average Bonchev–Trinajstić information content (AvgIpc) is 3.17. The molecule has 1 aromatic heterocycles. The van der Waals surface area contributed by atoms with Gasteiger partial charge in [0.25, 0.3) is 0 Å². The average molecular weight is 443 g/mol. The van der Waals surface area contributed by atoms with Crippen molar-refractivity contribution in [1.82, 2.24) is 14.9 Å². The van der Waals surface area contributed by atoms with Crippen molar-refractivity contribution in [3.05, 3.63) is 100 Å². The Balaban J connectivity index is 1.48. The van der Waals surface area contributed by atoms with Gasteiger partial charge in [0.15, 0.2) is 5.82 Å². The molecule has 162 valence electrons. The highest BCUT2D eigenvalue weighted by atomic mass is 32.1. The van der Waals surface area contributed by atoms with E-state index in [2.05, 4.69) is 60.3 Å². The first-order valence-electron chi connectivity index (χ1n) is 10.5. The Morgan fingerprint density at radius 2 is 1.66 bits per heavy atom. The smallest absolute Gasteiger partial charge is 0.216 e. The molecule has 5 nitrogen and oxygen atoms in total. The van der Waals surface area contributed by atoms with Crippen molar-refractivity contribution < 1.29 is 4.74 Å². The van der Waals surface area contributed by atoms with E-state index in [4.69, 9.17) is 17.0 Å². The summed E-state index contributed by atoms with van der Waals surface area (Å²) in [6, 6.07) is 26.2. The molecule has 0 aliphatic rings. The highest BCUT2D eigenvalue weighted by Crippen LogP contribution is 2.25. The molecular formula is C26H26N4OS. The predicted molar refractivity (Wildman–Crippen MR) is 132 cm³/mol. The molecule has 0 aliphatic heterocycles. The van der Waals surface area contributed by atoms with Gasteiger partial charge in [0.1, 0.15) is 12.4 Å². The number of aromatic amines is 1. The Hall–Kier alpha value is -3.51. The second-order valence-electron chi connectivity index (χ2n) is 8.58. The second-order valence-corrected chi connectivity index (χ2v) is 8.97. The van der Waals surface area contributed by atoms with Crippen LogP contribution in [-0.4, -0.2) is 21.1 Å². The predicted octanol–water partition coefficient (Wildman–Crippen LogP) is 6.37. The van der Waals surface area contributed by atoms with Gasteiger partial charge in [-0.25, -0.2) is 5.10 Å². The number of aromatic nitrogens is 3. The van der Waals surface area contributed by atoms with E-state index in [0.29, 0.717) is 17.2 Å². The van der Waals surface area contributed by atoms with Crippen molar-refractivity contribution in [2.45, 2.75) is 32.8 Å². The lowest BCUT2D eigenvalue weighted by atomic mass is 9.87. The minimum Gasteiger partial charge on any atom is -0.489 e. The van der Waals surface area contributed by atoms with Gasteiger partial charge in [-0.2, -0.15) is 14.9 Å². The first-order chi connectivity index (χ1) is 15.4. The molecule has 0 bridgehead atoms. The molecule has 0 fully saturated rings. The maximum Gasteiger partial charge on any atom is 0.216 e. The van der Waals surface area contributed by atoms with E-state index in [9.17, 15) is 0 Å². The van der Waals surface area contributed by atoms with Crippen molar-refractivity contribution in [1.29, 1.82) is 0 Å². The molecule has 3 aromatic carbocycles. The lowest BCUT2D eigenvalue weighted by Crippen LogP contribution is -2.10. The van der Waals surface area contributed by atoms with Crippen molar-refractivity contribution in [3.63, 3.8) is 0 Å². The molecule has 0 amide bonds. The van der Waals surface area contributed by atoms with Gasteiger partial charge in [-0.1, -0.05) is 75.4 Å². The fourth-order valence-electron chi connectivity index (χ4n) is 3.22. The molecule has 0 atom stereocenters. The third-order valence-corrected chi connectivity index (χ3v) is 5.37. The molecule has 32 heavy (non-hydrogen) atoms. The molecule has 4 rings (SSSR count). The standard InChI is InChI=1S/C26H26N4OS/c1-26(2,3)22-13-11-21(12-14-22)24-28-29-25(32)30(24)27-17-19-9-15-23(16-10-19)31-18-20-7-5-4-6-8-20/h4-17H,18H2,1-3H3,(H,29,32). The van der Waals surface area contributed by atoms with Crippen LogP contribution in [0.2, 0.25) is 0 Å². The summed E-state index contributed by atoms with van der Waals surface area (Å²) in [7, 11) is 0. The zero-order valence-corrected chi connectivity index (χ0v) is 19.3. The summed E-state index contributed by atoms with van der Waals surface area (Å²) in [5, 5.41) is 11.8. The van der Waals surface area contributed by atoms with E-state index in [-0.39, 0.29) is 5.41 Å². The fourth-order valence-corrected chi connectivity index (χ4v) is 3.40. The molecule has 6 heteroatoms. The zero-order chi connectivity index (χ0) is 22.6. The van der Waals surface area contributed by atoms with E-state index < -0.39 is 0 Å². The molecule has 4 aromatic rings. The number of nitrogens with one attached hydrogen (secondary N) is 1. The van der Waals surface area contributed by atoms with Crippen molar-refractivity contribution in [2.75, 3.05) is 0 Å². The summed E-state index contributed by atoms with van der Waals surface area (Å²) in [4.78, 5) is 0. The van der Waals surface area contributed by atoms with Crippen LogP contribution in [0.1, 0.15) is 37.5 Å². The molecule has 1 heterocycles. The van der Waals surface area contributed by atoms with E-state index >= 15 is 0 Å². The highest BCUT2D eigenvalue weighted by Gasteiger charge is 2.14. The minimum absolute atomic E-state index is 0.0956. The Labute approximate surface area is 193 Å². The van der Waals surface area contributed by atoms with Gasteiger partial charge in [-0.05, 0) is 58.6 Å². The molecular weight excluding hydrogens is 416 g/mol. The number of nitrogens with zero attached hydrogens (tertiary/aromatic N) is 3. The quantitative estimate of drug-likeness (QED) is 0.279. The third-order valence-electron chi connectivity index (χ3n) is 5.11. The maximum atomic E-state index is 5.85. The van der Waals surface area contributed by atoms with Crippen LogP contribution < -0.4 is 4.74 Å². The van der Waals surface area contributed by atoms with Crippen LogP contribution in [0.3, 0.4) is 0 Å². The van der Waals surface area contributed by atoms with Gasteiger partial charge in [-0.15, -0.1) is 0 Å². The highest BCUT2D eigenvalue weighted by molar-refractivity contribution is 7.71.